The molecule has 0 spiro atoms. The minimum Gasteiger partial charge on any atom is -0.502 e. The molecule has 0 unspecified atom stereocenters. The molecule has 1 heterocycles. The Balaban J connectivity index is 2.12. The van der Waals surface area contributed by atoms with Crippen molar-refractivity contribution >= 4 is 46.3 Å². The number of imide groups is 1. The molecule has 0 aromatic heterocycles. The van der Waals surface area contributed by atoms with Crippen molar-refractivity contribution in [2.24, 2.45) is 0 Å². The average Bonchev–Trinajstić information content (AvgIpc) is 2.84. The highest BCUT2D eigenvalue weighted by molar-refractivity contribution is 6.47. The van der Waals surface area contributed by atoms with Gasteiger partial charge in [-0.05, 0) is 24.3 Å². The van der Waals surface area contributed by atoms with Gasteiger partial charge in [0, 0.05) is 16.7 Å². The second-order valence-corrected chi connectivity index (χ2v) is 6.17. The van der Waals surface area contributed by atoms with Crippen LogP contribution in [0, 0.1) is 0 Å². The topological polar surface area (TPSA) is 76.1 Å². The normalized spacial score (nSPS) is 14.2. The number of hydrogen-bond acceptors (Lipinski definition) is 5. The lowest BCUT2D eigenvalue weighted by atomic mass is 10.1. The number of rotatable bonds is 4. The molecule has 0 bridgehead atoms. The number of carbonyl (C=O) groups excluding carboxylic acids is 2. The molecular weight excluding hydrogens is 381 g/mol. The lowest BCUT2D eigenvalue weighted by Gasteiger charge is -2.18. The molecule has 2 aromatic rings. The van der Waals surface area contributed by atoms with Gasteiger partial charge in [-0.2, -0.15) is 0 Å². The molecule has 0 saturated carbocycles. The average molecular weight is 394 g/mol. The summed E-state index contributed by atoms with van der Waals surface area (Å²) in [5.41, 5.74) is 0.145. The molecule has 2 amide bonds. The van der Waals surface area contributed by atoms with Crippen LogP contribution in [0.3, 0.4) is 0 Å². The number of aliphatic hydroxyl groups is 1. The first kappa shape index (κ1) is 18.1. The van der Waals surface area contributed by atoms with Crippen LogP contribution in [0.25, 0.3) is 5.57 Å². The summed E-state index contributed by atoms with van der Waals surface area (Å²) in [6.07, 6.45) is 0. The maximum atomic E-state index is 12.9. The Morgan fingerprint density at radius 1 is 0.962 bits per heavy atom. The van der Waals surface area contributed by atoms with Crippen molar-refractivity contribution in [1.82, 2.24) is 0 Å². The lowest BCUT2D eigenvalue weighted by molar-refractivity contribution is -0.121. The Labute approximate surface area is 159 Å². The van der Waals surface area contributed by atoms with E-state index < -0.39 is 17.6 Å². The lowest BCUT2D eigenvalue weighted by Crippen LogP contribution is -2.32. The minimum atomic E-state index is -0.887. The molecule has 0 aliphatic carbocycles. The van der Waals surface area contributed by atoms with E-state index in [2.05, 4.69) is 0 Å². The van der Waals surface area contributed by atoms with Crippen molar-refractivity contribution < 1.29 is 24.2 Å². The van der Waals surface area contributed by atoms with Crippen LogP contribution in [0.1, 0.15) is 5.56 Å². The Kier molecular flexibility index (Phi) is 4.80. The van der Waals surface area contributed by atoms with E-state index in [0.717, 1.165) is 4.90 Å². The van der Waals surface area contributed by atoms with Gasteiger partial charge in [-0.1, -0.05) is 29.3 Å². The molecule has 26 heavy (non-hydrogen) atoms. The third-order valence-corrected chi connectivity index (χ3v) is 4.43. The van der Waals surface area contributed by atoms with Gasteiger partial charge in [0.2, 0.25) is 0 Å². The number of benzene rings is 2. The van der Waals surface area contributed by atoms with Crippen molar-refractivity contribution in [3.63, 3.8) is 0 Å². The van der Waals surface area contributed by atoms with Crippen molar-refractivity contribution in [1.29, 1.82) is 0 Å². The monoisotopic (exact) mass is 393 g/mol. The van der Waals surface area contributed by atoms with Crippen LogP contribution in [-0.2, 0) is 9.59 Å². The summed E-state index contributed by atoms with van der Waals surface area (Å²) in [4.78, 5) is 26.3. The molecule has 0 atom stereocenters. The maximum absolute atomic E-state index is 12.9. The predicted molar refractivity (Wildman–Crippen MR) is 98.0 cm³/mol. The molecular formula is C18H13Cl2NO5. The van der Waals surface area contributed by atoms with E-state index in [1.54, 1.807) is 12.1 Å². The highest BCUT2D eigenvalue weighted by Crippen LogP contribution is 2.40. The van der Waals surface area contributed by atoms with Gasteiger partial charge >= 0.3 is 5.91 Å². The molecule has 1 aliphatic rings. The van der Waals surface area contributed by atoms with E-state index in [-0.39, 0.29) is 27.6 Å². The van der Waals surface area contributed by atoms with Crippen LogP contribution < -0.4 is 14.4 Å². The van der Waals surface area contributed by atoms with E-state index in [1.807, 2.05) is 0 Å². The van der Waals surface area contributed by atoms with Crippen LogP contribution in [0.4, 0.5) is 5.69 Å². The van der Waals surface area contributed by atoms with Gasteiger partial charge < -0.3 is 14.6 Å². The van der Waals surface area contributed by atoms with Crippen LogP contribution in [0.5, 0.6) is 11.5 Å². The molecule has 1 aliphatic heterocycles. The summed E-state index contributed by atoms with van der Waals surface area (Å²) in [7, 11) is 2.86. The number of halogens is 2. The highest BCUT2D eigenvalue weighted by atomic mass is 35.5. The Hall–Kier alpha value is -2.70. The first-order valence-electron chi connectivity index (χ1n) is 7.38. The van der Waals surface area contributed by atoms with Gasteiger partial charge in [0.05, 0.1) is 30.5 Å². The molecule has 0 radical (unpaired) electrons. The second kappa shape index (κ2) is 6.90. The minimum absolute atomic E-state index is 0.139. The largest absolute Gasteiger partial charge is 0.502 e. The number of methoxy groups -OCH3 is 2. The second-order valence-electron chi connectivity index (χ2n) is 5.33. The highest BCUT2D eigenvalue weighted by Gasteiger charge is 2.42. The summed E-state index contributed by atoms with van der Waals surface area (Å²) in [6, 6.07) is 9.04. The quantitative estimate of drug-likeness (QED) is 0.798. The zero-order chi connectivity index (χ0) is 19.0. The fourth-order valence-corrected chi connectivity index (χ4v) is 3.15. The number of nitrogens with zero attached hydrogens (tertiary/aromatic N) is 1. The van der Waals surface area contributed by atoms with E-state index in [0.29, 0.717) is 10.8 Å². The number of hydrogen-bond donors (Lipinski definition) is 1. The van der Waals surface area contributed by atoms with Gasteiger partial charge in [-0.25, -0.2) is 4.90 Å². The van der Waals surface area contributed by atoms with Crippen LogP contribution >= 0.6 is 23.2 Å². The Morgan fingerprint density at radius 2 is 1.69 bits per heavy atom. The third kappa shape index (κ3) is 2.87. The van der Waals surface area contributed by atoms with Crippen molar-refractivity contribution in [2.75, 3.05) is 19.1 Å². The van der Waals surface area contributed by atoms with Gasteiger partial charge in [-0.15, -0.1) is 0 Å². The molecule has 1 N–H and O–H groups in total. The number of carbonyl (C=O) groups is 2. The molecule has 0 fully saturated rings. The van der Waals surface area contributed by atoms with Gasteiger partial charge in [-0.3, -0.25) is 9.59 Å². The Morgan fingerprint density at radius 3 is 2.31 bits per heavy atom. The van der Waals surface area contributed by atoms with E-state index in [1.165, 1.54) is 38.5 Å². The van der Waals surface area contributed by atoms with Crippen molar-refractivity contribution in [3.05, 3.63) is 57.8 Å². The summed E-state index contributed by atoms with van der Waals surface area (Å²) in [5.74, 6) is -1.64. The van der Waals surface area contributed by atoms with E-state index >= 15 is 0 Å². The first-order valence-corrected chi connectivity index (χ1v) is 8.14. The molecule has 8 heteroatoms. The van der Waals surface area contributed by atoms with E-state index in [4.69, 9.17) is 32.7 Å². The van der Waals surface area contributed by atoms with Gasteiger partial charge in [0.15, 0.2) is 5.76 Å². The van der Waals surface area contributed by atoms with Crippen LogP contribution in [0.15, 0.2) is 42.2 Å². The summed E-state index contributed by atoms with van der Waals surface area (Å²) < 4.78 is 10.4. The number of amides is 2. The fourth-order valence-electron chi connectivity index (χ4n) is 2.64. The summed E-state index contributed by atoms with van der Waals surface area (Å²) in [5, 5.41) is 10.8. The number of ether oxygens (including phenoxy) is 2. The van der Waals surface area contributed by atoms with Crippen molar-refractivity contribution in [2.45, 2.75) is 0 Å². The smallest absolute Gasteiger partial charge is 0.301 e. The Bertz CT molecular complexity index is 955. The van der Waals surface area contributed by atoms with Crippen LogP contribution in [0.2, 0.25) is 10.0 Å². The van der Waals surface area contributed by atoms with Gasteiger partial charge in [0.25, 0.3) is 5.91 Å². The first-order chi connectivity index (χ1) is 12.4. The van der Waals surface area contributed by atoms with E-state index in [9.17, 15) is 14.7 Å². The molecule has 134 valence electrons. The SMILES string of the molecule is COc1ccc(OC)c(N2C(=O)C(O)=C(c3ccc(Cl)cc3Cl)C2=O)c1. The predicted octanol–water partition coefficient (Wildman–Crippen LogP) is 3.85. The molecule has 0 saturated heterocycles. The fraction of sp³-hybridized carbons (Fsp3) is 0.111. The third-order valence-electron chi connectivity index (χ3n) is 3.89. The number of aliphatic hydroxyl groups excluding tert-OH is 1. The standard InChI is InChI=1S/C18H13Cl2NO5/c1-25-10-4-6-14(26-2)13(8-10)21-17(23)15(16(22)18(21)24)11-5-3-9(19)7-12(11)20/h3-8,22H,1-2H3. The molecule has 6 nitrogen and oxygen atoms in total. The summed E-state index contributed by atoms with van der Waals surface area (Å²) in [6.45, 7) is 0. The molecule has 3 rings (SSSR count). The molecule has 2 aromatic carbocycles. The summed E-state index contributed by atoms with van der Waals surface area (Å²) >= 11 is 12.0. The maximum Gasteiger partial charge on any atom is 0.301 e. The number of anilines is 1. The zero-order valence-electron chi connectivity index (χ0n) is 13.7. The van der Waals surface area contributed by atoms with Crippen molar-refractivity contribution in [3.8, 4) is 11.5 Å². The van der Waals surface area contributed by atoms with Crippen LogP contribution in [-0.4, -0.2) is 31.1 Å². The van der Waals surface area contributed by atoms with Gasteiger partial charge in [0.1, 0.15) is 11.5 Å². The zero-order valence-corrected chi connectivity index (χ0v) is 15.3.